The van der Waals surface area contributed by atoms with Gasteiger partial charge in [0.05, 0.1) is 19.3 Å². The number of likely N-dealkylation sites (tertiary alicyclic amines) is 1. The lowest BCUT2D eigenvalue weighted by atomic mass is 9.89. The average molecular weight is 241 g/mol. The van der Waals surface area contributed by atoms with Crippen molar-refractivity contribution < 1.29 is 14.6 Å². The molecule has 1 saturated carbocycles. The minimum absolute atomic E-state index is 0.122. The Bertz CT molecular complexity index is 255. The molecule has 1 N–H and O–H groups in total. The second-order valence-electron chi connectivity index (χ2n) is 5.56. The lowest BCUT2D eigenvalue weighted by Gasteiger charge is -2.44. The summed E-state index contributed by atoms with van der Waals surface area (Å²) >= 11 is 0. The number of ether oxygens (including phenoxy) is 2. The summed E-state index contributed by atoms with van der Waals surface area (Å²) in [6.45, 7) is 3.49. The smallest absolute Gasteiger partial charge is 0.170 e. The number of hydrogen-bond acceptors (Lipinski definition) is 4. The normalized spacial score (nSPS) is 38.6. The van der Waals surface area contributed by atoms with E-state index in [1.54, 1.807) is 0 Å². The molecule has 0 aromatic carbocycles. The molecule has 0 aromatic rings. The maximum atomic E-state index is 10.1. The summed E-state index contributed by atoms with van der Waals surface area (Å²) in [7, 11) is 0. The van der Waals surface area contributed by atoms with Gasteiger partial charge < -0.3 is 14.6 Å². The Labute approximate surface area is 103 Å². The minimum Gasteiger partial charge on any atom is -0.391 e. The molecule has 0 amide bonds. The monoisotopic (exact) mass is 241 g/mol. The van der Waals surface area contributed by atoms with Crippen molar-refractivity contribution >= 4 is 0 Å². The third kappa shape index (κ3) is 2.36. The predicted molar refractivity (Wildman–Crippen MR) is 63.7 cm³/mol. The van der Waals surface area contributed by atoms with Gasteiger partial charge in [0, 0.05) is 32.0 Å². The summed E-state index contributed by atoms with van der Waals surface area (Å²) in [5.74, 6) is -0.282. The average Bonchev–Trinajstić information content (AvgIpc) is 2.80. The highest BCUT2D eigenvalue weighted by Gasteiger charge is 2.42. The second-order valence-corrected chi connectivity index (χ2v) is 5.56. The molecule has 98 valence electrons. The quantitative estimate of drug-likeness (QED) is 0.747. The molecule has 2 heterocycles. The first-order chi connectivity index (χ1) is 8.29. The van der Waals surface area contributed by atoms with Crippen molar-refractivity contribution in [3.05, 3.63) is 0 Å². The third-order valence-corrected chi connectivity index (χ3v) is 4.54. The molecule has 0 unspecified atom stereocenters. The molecular formula is C13H23NO3. The van der Waals surface area contributed by atoms with Gasteiger partial charge >= 0.3 is 0 Å². The van der Waals surface area contributed by atoms with E-state index in [0.717, 1.165) is 52.0 Å². The molecule has 1 spiro atoms. The van der Waals surface area contributed by atoms with E-state index in [2.05, 4.69) is 4.90 Å². The number of aliphatic hydroxyl groups excluding tert-OH is 1. The molecule has 2 aliphatic heterocycles. The minimum atomic E-state index is -0.282. The van der Waals surface area contributed by atoms with E-state index >= 15 is 0 Å². The molecular weight excluding hydrogens is 218 g/mol. The van der Waals surface area contributed by atoms with Crippen molar-refractivity contribution in [1.82, 2.24) is 4.90 Å². The van der Waals surface area contributed by atoms with Gasteiger partial charge in [-0.15, -0.1) is 0 Å². The van der Waals surface area contributed by atoms with E-state index in [1.807, 2.05) is 0 Å². The summed E-state index contributed by atoms with van der Waals surface area (Å²) in [5, 5.41) is 10.1. The first-order valence-electron chi connectivity index (χ1n) is 6.99. The number of rotatable bonds is 1. The molecule has 0 aromatic heterocycles. The molecule has 3 aliphatic rings. The fourth-order valence-electron chi connectivity index (χ4n) is 3.50. The van der Waals surface area contributed by atoms with Crippen LogP contribution in [0.3, 0.4) is 0 Å². The van der Waals surface area contributed by atoms with Gasteiger partial charge in [-0.3, -0.25) is 4.90 Å². The van der Waals surface area contributed by atoms with Gasteiger partial charge in [-0.05, 0) is 12.8 Å². The fraction of sp³-hybridized carbons (Fsp3) is 1.00. The Hall–Kier alpha value is -0.160. The van der Waals surface area contributed by atoms with Crippen molar-refractivity contribution in [2.75, 3.05) is 26.3 Å². The summed E-state index contributed by atoms with van der Waals surface area (Å²) in [4.78, 5) is 2.44. The summed E-state index contributed by atoms with van der Waals surface area (Å²) in [5.41, 5.74) is 0. The van der Waals surface area contributed by atoms with Crippen molar-refractivity contribution in [3.8, 4) is 0 Å². The molecule has 17 heavy (non-hydrogen) atoms. The molecule has 3 fully saturated rings. The topological polar surface area (TPSA) is 41.9 Å². The van der Waals surface area contributed by atoms with Crippen molar-refractivity contribution in [2.24, 2.45) is 0 Å². The zero-order valence-electron chi connectivity index (χ0n) is 10.4. The van der Waals surface area contributed by atoms with Crippen LogP contribution in [0.2, 0.25) is 0 Å². The van der Waals surface area contributed by atoms with Gasteiger partial charge in [-0.2, -0.15) is 0 Å². The predicted octanol–water partition coefficient (Wildman–Crippen LogP) is 1.13. The van der Waals surface area contributed by atoms with Crippen LogP contribution in [0.4, 0.5) is 0 Å². The first kappa shape index (κ1) is 11.9. The third-order valence-electron chi connectivity index (χ3n) is 4.54. The highest BCUT2D eigenvalue weighted by molar-refractivity contribution is 4.89. The van der Waals surface area contributed by atoms with Crippen LogP contribution in [0.15, 0.2) is 0 Å². The summed E-state index contributed by atoms with van der Waals surface area (Å²) in [6.07, 6.45) is 6.35. The Morgan fingerprint density at radius 3 is 2.29 bits per heavy atom. The number of piperidine rings is 1. The molecule has 3 rings (SSSR count). The van der Waals surface area contributed by atoms with E-state index in [4.69, 9.17) is 9.47 Å². The summed E-state index contributed by atoms with van der Waals surface area (Å²) < 4.78 is 11.5. The first-order valence-corrected chi connectivity index (χ1v) is 6.99. The van der Waals surface area contributed by atoms with Crippen molar-refractivity contribution in [2.45, 2.75) is 56.5 Å². The molecule has 2 saturated heterocycles. The Kier molecular flexibility index (Phi) is 3.39. The number of aliphatic hydroxyl groups is 1. The Balaban J connectivity index is 1.57. The Morgan fingerprint density at radius 1 is 1.00 bits per heavy atom. The maximum absolute atomic E-state index is 10.1. The standard InChI is InChI=1S/C13H23NO3/c15-12-4-2-1-3-11(12)14-7-5-13(6-8-14)16-9-10-17-13/h11-12,15H,1-10H2/t11-,12-/m1/s1. The highest BCUT2D eigenvalue weighted by atomic mass is 16.7. The van der Waals surface area contributed by atoms with Crippen molar-refractivity contribution in [3.63, 3.8) is 0 Å². The fourth-order valence-corrected chi connectivity index (χ4v) is 3.50. The van der Waals surface area contributed by atoms with Gasteiger partial charge in [-0.1, -0.05) is 12.8 Å². The van der Waals surface area contributed by atoms with E-state index in [-0.39, 0.29) is 11.9 Å². The number of hydrogen-bond donors (Lipinski definition) is 1. The van der Waals surface area contributed by atoms with Gasteiger partial charge in [0.15, 0.2) is 5.79 Å². The van der Waals surface area contributed by atoms with E-state index in [0.29, 0.717) is 6.04 Å². The second kappa shape index (κ2) is 4.84. The van der Waals surface area contributed by atoms with Gasteiger partial charge in [0.25, 0.3) is 0 Å². The molecule has 0 radical (unpaired) electrons. The lowest BCUT2D eigenvalue weighted by Crippen LogP contribution is -2.53. The van der Waals surface area contributed by atoms with Crippen LogP contribution in [0.25, 0.3) is 0 Å². The highest BCUT2D eigenvalue weighted by Crippen LogP contribution is 2.34. The molecule has 0 bridgehead atoms. The largest absolute Gasteiger partial charge is 0.391 e. The van der Waals surface area contributed by atoms with Gasteiger partial charge in [0.2, 0.25) is 0 Å². The van der Waals surface area contributed by atoms with E-state index < -0.39 is 0 Å². The molecule has 4 nitrogen and oxygen atoms in total. The molecule has 4 heteroatoms. The lowest BCUT2D eigenvalue weighted by molar-refractivity contribution is -0.191. The van der Waals surface area contributed by atoms with Gasteiger partial charge in [0.1, 0.15) is 0 Å². The van der Waals surface area contributed by atoms with Crippen LogP contribution in [-0.2, 0) is 9.47 Å². The Morgan fingerprint density at radius 2 is 1.65 bits per heavy atom. The molecule has 2 atom stereocenters. The number of nitrogens with zero attached hydrogens (tertiary/aromatic N) is 1. The van der Waals surface area contributed by atoms with Crippen LogP contribution in [0.5, 0.6) is 0 Å². The van der Waals surface area contributed by atoms with Crippen molar-refractivity contribution in [1.29, 1.82) is 0 Å². The molecule has 1 aliphatic carbocycles. The van der Waals surface area contributed by atoms with E-state index in [1.165, 1.54) is 12.8 Å². The SMILES string of the molecule is O[C@@H]1CCCC[C@H]1N1CCC2(CC1)OCCO2. The van der Waals surface area contributed by atoms with Crippen LogP contribution in [-0.4, -0.2) is 54.2 Å². The zero-order valence-corrected chi connectivity index (χ0v) is 10.4. The van der Waals surface area contributed by atoms with E-state index in [9.17, 15) is 5.11 Å². The van der Waals surface area contributed by atoms with Gasteiger partial charge in [-0.25, -0.2) is 0 Å². The van der Waals surface area contributed by atoms with Crippen LogP contribution in [0.1, 0.15) is 38.5 Å². The van der Waals surface area contributed by atoms with Crippen LogP contribution < -0.4 is 0 Å². The van der Waals surface area contributed by atoms with Crippen LogP contribution in [0, 0.1) is 0 Å². The maximum Gasteiger partial charge on any atom is 0.170 e. The zero-order chi connectivity index (χ0) is 11.7. The summed E-state index contributed by atoms with van der Waals surface area (Å²) in [6, 6.07) is 0.377. The van der Waals surface area contributed by atoms with Crippen LogP contribution >= 0.6 is 0 Å².